The zero-order valence-corrected chi connectivity index (χ0v) is 13.3. The molecule has 0 aromatic carbocycles. The monoisotopic (exact) mass is 280 g/mol. The van der Waals surface area contributed by atoms with Gasteiger partial charge in [0.1, 0.15) is 0 Å². The SMILES string of the molecule is CN=C(NCCCCCN1CCCCC1)NC1CC1C. The summed E-state index contributed by atoms with van der Waals surface area (Å²) in [7, 11) is 1.86. The van der Waals surface area contributed by atoms with E-state index in [4.69, 9.17) is 0 Å². The molecular weight excluding hydrogens is 248 g/mol. The van der Waals surface area contributed by atoms with Gasteiger partial charge in [-0.2, -0.15) is 0 Å². The van der Waals surface area contributed by atoms with Crippen LogP contribution < -0.4 is 10.6 Å². The van der Waals surface area contributed by atoms with Crippen LogP contribution in [0.1, 0.15) is 51.9 Å². The fourth-order valence-corrected chi connectivity index (χ4v) is 2.92. The summed E-state index contributed by atoms with van der Waals surface area (Å²) in [5.41, 5.74) is 0. The molecule has 116 valence electrons. The van der Waals surface area contributed by atoms with Gasteiger partial charge < -0.3 is 15.5 Å². The Hall–Kier alpha value is -0.770. The molecule has 1 aliphatic carbocycles. The minimum Gasteiger partial charge on any atom is -0.356 e. The van der Waals surface area contributed by atoms with Crippen molar-refractivity contribution in [2.45, 2.75) is 57.9 Å². The average molecular weight is 280 g/mol. The van der Waals surface area contributed by atoms with Gasteiger partial charge in [-0.15, -0.1) is 0 Å². The van der Waals surface area contributed by atoms with Gasteiger partial charge in [-0.1, -0.05) is 19.8 Å². The Balaban J connectivity index is 1.44. The summed E-state index contributed by atoms with van der Waals surface area (Å²) in [5, 5.41) is 6.89. The summed E-state index contributed by atoms with van der Waals surface area (Å²) < 4.78 is 0. The third-order valence-corrected chi connectivity index (χ3v) is 4.55. The molecule has 2 unspecified atom stereocenters. The number of hydrogen-bond donors (Lipinski definition) is 2. The fraction of sp³-hybridized carbons (Fsp3) is 0.938. The van der Waals surface area contributed by atoms with Gasteiger partial charge in [0.15, 0.2) is 5.96 Å². The van der Waals surface area contributed by atoms with Gasteiger partial charge in [0, 0.05) is 19.6 Å². The Labute approximate surface area is 124 Å². The van der Waals surface area contributed by atoms with E-state index in [1.54, 1.807) is 0 Å². The second kappa shape index (κ2) is 8.50. The molecule has 0 radical (unpaired) electrons. The van der Waals surface area contributed by atoms with Crippen LogP contribution in [0.5, 0.6) is 0 Å². The summed E-state index contributed by atoms with van der Waals surface area (Å²) in [4.78, 5) is 6.91. The molecule has 20 heavy (non-hydrogen) atoms. The first-order valence-corrected chi connectivity index (χ1v) is 8.49. The summed E-state index contributed by atoms with van der Waals surface area (Å²) in [5.74, 6) is 1.80. The number of likely N-dealkylation sites (tertiary alicyclic amines) is 1. The molecule has 2 atom stereocenters. The van der Waals surface area contributed by atoms with Crippen molar-refractivity contribution in [2.24, 2.45) is 10.9 Å². The number of nitrogens with zero attached hydrogens (tertiary/aromatic N) is 2. The molecule has 2 N–H and O–H groups in total. The van der Waals surface area contributed by atoms with Crippen LogP contribution in [0, 0.1) is 5.92 Å². The Bertz CT molecular complexity index is 297. The summed E-state index contributed by atoms with van der Waals surface area (Å²) in [6, 6.07) is 0.653. The van der Waals surface area contributed by atoms with Crippen molar-refractivity contribution in [1.82, 2.24) is 15.5 Å². The Morgan fingerprint density at radius 2 is 1.90 bits per heavy atom. The van der Waals surface area contributed by atoms with Crippen molar-refractivity contribution >= 4 is 5.96 Å². The van der Waals surface area contributed by atoms with E-state index in [-0.39, 0.29) is 0 Å². The number of unbranched alkanes of at least 4 members (excludes halogenated alkanes) is 2. The molecule has 0 aromatic heterocycles. The normalized spacial score (nSPS) is 27.4. The van der Waals surface area contributed by atoms with Crippen LogP contribution in [0.2, 0.25) is 0 Å². The van der Waals surface area contributed by atoms with E-state index in [0.717, 1.165) is 18.4 Å². The number of aliphatic imine (C=N–C) groups is 1. The highest BCUT2D eigenvalue weighted by Gasteiger charge is 2.33. The van der Waals surface area contributed by atoms with E-state index in [2.05, 4.69) is 27.4 Å². The number of guanidine groups is 1. The molecular formula is C16H32N4. The standard InChI is InChI=1S/C16H32N4/c1-14-13-15(14)19-16(17-2)18-9-5-3-6-10-20-11-7-4-8-12-20/h14-15H,3-13H2,1-2H3,(H2,17,18,19). The summed E-state index contributed by atoms with van der Waals surface area (Å²) in [6.07, 6.45) is 9.44. The summed E-state index contributed by atoms with van der Waals surface area (Å²) in [6.45, 7) is 7.28. The van der Waals surface area contributed by atoms with Crippen LogP contribution in [0.4, 0.5) is 0 Å². The topological polar surface area (TPSA) is 39.7 Å². The minimum absolute atomic E-state index is 0.653. The van der Waals surface area contributed by atoms with Gasteiger partial charge in [0.25, 0.3) is 0 Å². The van der Waals surface area contributed by atoms with Gasteiger partial charge in [-0.05, 0) is 57.7 Å². The van der Waals surface area contributed by atoms with Gasteiger partial charge in [-0.3, -0.25) is 4.99 Å². The van der Waals surface area contributed by atoms with Crippen molar-refractivity contribution in [3.8, 4) is 0 Å². The molecule has 2 rings (SSSR count). The number of piperidine rings is 1. The number of nitrogens with one attached hydrogen (secondary N) is 2. The maximum atomic E-state index is 4.28. The predicted molar refractivity (Wildman–Crippen MR) is 86.2 cm³/mol. The molecule has 1 heterocycles. The molecule has 0 spiro atoms. The molecule has 0 aromatic rings. The third-order valence-electron chi connectivity index (χ3n) is 4.55. The lowest BCUT2D eigenvalue weighted by atomic mass is 10.1. The zero-order chi connectivity index (χ0) is 14.2. The Morgan fingerprint density at radius 3 is 2.55 bits per heavy atom. The summed E-state index contributed by atoms with van der Waals surface area (Å²) >= 11 is 0. The number of hydrogen-bond acceptors (Lipinski definition) is 2. The second-order valence-electron chi connectivity index (χ2n) is 6.43. The lowest BCUT2D eigenvalue weighted by Gasteiger charge is -2.26. The molecule has 2 aliphatic rings. The van der Waals surface area contributed by atoms with E-state index >= 15 is 0 Å². The fourth-order valence-electron chi connectivity index (χ4n) is 2.92. The van der Waals surface area contributed by atoms with E-state index in [1.807, 2.05) is 7.05 Å². The molecule has 4 heteroatoms. The molecule has 1 aliphatic heterocycles. The predicted octanol–water partition coefficient (Wildman–Crippen LogP) is 2.22. The van der Waals surface area contributed by atoms with E-state index in [0.29, 0.717) is 6.04 Å². The van der Waals surface area contributed by atoms with Gasteiger partial charge in [0.2, 0.25) is 0 Å². The molecule has 2 fully saturated rings. The maximum absolute atomic E-state index is 4.28. The number of rotatable bonds is 7. The van der Waals surface area contributed by atoms with E-state index in [9.17, 15) is 0 Å². The maximum Gasteiger partial charge on any atom is 0.191 e. The van der Waals surface area contributed by atoms with Crippen LogP contribution in [-0.4, -0.2) is 50.1 Å². The van der Waals surface area contributed by atoms with E-state index < -0.39 is 0 Å². The average Bonchev–Trinajstić information content (AvgIpc) is 3.17. The largest absolute Gasteiger partial charge is 0.356 e. The van der Waals surface area contributed by atoms with Crippen molar-refractivity contribution < 1.29 is 0 Å². The molecule has 1 saturated carbocycles. The van der Waals surface area contributed by atoms with Gasteiger partial charge in [-0.25, -0.2) is 0 Å². The first kappa shape index (κ1) is 15.6. The van der Waals surface area contributed by atoms with Gasteiger partial charge in [0.05, 0.1) is 0 Å². The van der Waals surface area contributed by atoms with Crippen LogP contribution in [0.15, 0.2) is 4.99 Å². The van der Waals surface area contributed by atoms with Crippen molar-refractivity contribution in [2.75, 3.05) is 33.2 Å². The third kappa shape index (κ3) is 5.70. The highest BCUT2D eigenvalue weighted by molar-refractivity contribution is 5.80. The zero-order valence-electron chi connectivity index (χ0n) is 13.3. The Kier molecular flexibility index (Phi) is 6.64. The van der Waals surface area contributed by atoms with Crippen molar-refractivity contribution in [1.29, 1.82) is 0 Å². The van der Waals surface area contributed by atoms with Crippen LogP contribution in [0.25, 0.3) is 0 Å². The molecule has 0 bridgehead atoms. The highest BCUT2D eigenvalue weighted by atomic mass is 15.2. The van der Waals surface area contributed by atoms with Crippen LogP contribution in [-0.2, 0) is 0 Å². The van der Waals surface area contributed by atoms with Crippen LogP contribution >= 0.6 is 0 Å². The van der Waals surface area contributed by atoms with Gasteiger partial charge >= 0.3 is 0 Å². The smallest absolute Gasteiger partial charge is 0.191 e. The van der Waals surface area contributed by atoms with E-state index in [1.165, 1.54) is 64.6 Å². The minimum atomic E-state index is 0.653. The quantitative estimate of drug-likeness (QED) is 0.427. The lowest BCUT2D eigenvalue weighted by molar-refractivity contribution is 0.224. The second-order valence-corrected chi connectivity index (χ2v) is 6.43. The molecule has 1 saturated heterocycles. The Morgan fingerprint density at radius 1 is 1.15 bits per heavy atom. The highest BCUT2D eigenvalue weighted by Crippen LogP contribution is 2.28. The molecule has 4 nitrogen and oxygen atoms in total. The van der Waals surface area contributed by atoms with Crippen LogP contribution in [0.3, 0.4) is 0 Å². The van der Waals surface area contributed by atoms with Crippen molar-refractivity contribution in [3.63, 3.8) is 0 Å². The lowest BCUT2D eigenvalue weighted by Crippen LogP contribution is -2.39. The molecule has 0 amide bonds. The first-order valence-electron chi connectivity index (χ1n) is 8.49. The van der Waals surface area contributed by atoms with Crippen molar-refractivity contribution in [3.05, 3.63) is 0 Å². The first-order chi connectivity index (χ1) is 9.79.